The van der Waals surface area contributed by atoms with Crippen LogP contribution in [0.3, 0.4) is 0 Å². The lowest BCUT2D eigenvalue weighted by atomic mass is 9.97. The summed E-state index contributed by atoms with van der Waals surface area (Å²) in [7, 11) is 0. The molecule has 1 aliphatic rings. The Morgan fingerprint density at radius 3 is 2.48 bits per heavy atom. The summed E-state index contributed by atoms with van der Waals surface area (Å²) in [6, 6.07) is 2.66. The quantitative estimate of drug-likeness (QED) is 0.862. The Kier molecular flexibility index (Phi) is 5.76. The van der Waals surface area contributed by atoms with Gasteiger partial charge in [0.05, 0.1) is 23.8 Å². The molecule has 1 aromatic rings. The van der Waals surface area contributed by atoms with E-state index in [-0.39, 0.29) is 44.0 Å². The number of amides is 2. The molecule has 9 heteroatoms. The number of urea groups is 1. The third-order valence-corrected chi connectivity index (χ3v) is 3.98. The fourth-order valence-electron chi connectivity index (χ4n) is 2.65. The maximum atomic E-state index is 13.2. The number of halogens is 3. The van der Waals surface area contributed by atoms with Crippen molar-refractivity contribution in [1.29, 1.82) is 0 Å². The number of carboxylic acids is 1. The van der Waals surface area contributed by atoms with Gasteiger partial charge < -0.3 is 20.1 Å². The minimum absolute atomic E-state index is 0.0649. The summed E-state index contributed by atoms with van der Waals surface area (Å²) in [4.78, 5) is 24.4. The number of piperidine rings is 1. The molecule has 2 amide bonds. The van der Waals surface area contributed by atoms with E-state index >= 15 is 0 Å². The third-order valence-electron chi connectivity index (χ3n) is 3.98. The van der Waals surface area contributed by atoms with Gasteiger partial charge in [0.15, 0.2) is 0 Å². The second kappa shape index (κ2) is 7.62. The second-order valence-electron chi connectivity index (χ2n) is 5.67. The third kappa shape index (κ3) is 4.77. The molecule has 1 saturated heterocycles. The molecule has 2 rings (SSSR count). The fraction of sp³-hybridized carbons (Fsp3) is 0.500. The van der Waals surface area contributed by atoms with Gasteiger partial charge in [-0.1, -0.05) is 0 Å². The number of anilines is 1. The molecule has 0 spiro atoms. The Morgan fingerprint density at radius 2 is 1.96 bits per heavy atom. The van der Waals surface area contributed by atoms with Crippen molar-refractivity contribution in [2.45, 2.75) is 25.9 Å². The molecule has 0 atom stereocenters. The van der Waals surface area contributed by atoms with Gasteiger partial charge >= 0.3 is 18.2 Å². The number of alkyl halides is 3. The molecule has 0 bridgehead atoms. The average Bonchev–Trinajstić information content (AvgIpc) is 2.55. The van der Waals surface area contributed by atoms with Gasteiger partial charge in [-0.25, -0.2) is 4.79 Å². The highest BCUT2D eigenvalue weighted by Crippen LogP contribution is 2.37. The van der Waals surface area contributed by atoms with Gasteiger partial charge in [0, 0.05) is 13.1 Å². The van der Waals surface area contributed by atoms with Crippen LogP contribution in [0.4, 0.5) is 23.7 Å². The monoisotopic (exact) mass is 360 g/mol. The van der Waals surface area contributed by atoms with Crippen molar-refractivity contribution in [3.8, 4) is 5.75 Å². The molecule has 6 nitrogen and oxygen atoms in total. The van der Waals surface area contributed by atoms with Crippen LogP contribution in [0.15, 0.2) is 18.2 Å². The lowest BCUT2D eigenvalue weighted by Crippen LogP contribution is -2.42. The van der Waals surface area contributed by atoms with Crippen molar-refractivity contribution in [3.63, 3.8) is 0 Å². The molecule has 25 heavy (non-hydrogen) atoms. The Balaban J connectivity index is 2.11. The first kappa shape index (κ1) is 18.9. The molecule has 0 saturated carbocycles. The minimum atomic E-state index is -4.65. The van der Waals surface area contributed by atoms with Gasteiger partial charge in [-0.3, -0.25) is 4.79 Å². The number of hydrogen-bond donors (Lipinski definition) is 2. The van der Waals surface area contributed by atoms with Crippen molar-refractivity contribution in [3.05, 3.63) is 23.8 Å². The Labute approximate surface area is 142 Å². The molecule has 0 unspecified atom stereocenters. The summed E-state index contributed by atoms with van der Waals surface area (Å²) in [5, 5.41) is 11.2. The predicted octanol–water partition coefficient (Wildman–Crippen LogP) is 3.43. The summed E-state index contributed by atoms with van der Waals surface area (Å²) in [5.41, 5.74) is -1.35. The number of carbonyl (C=O) groups is 2. The summed E-state index contributed by atoms with van der Waals surface area (Å²) in [5.74, 6) is -1.39. The summed E-state index contributed by atoms with van der Waals surface area (Å²) in [6.45, 7) is 2.24. The molecular weight excluding hydrogens is 341 g/mol. The normalized spacial score (nSPS) is 15.8. The van der Waals surface area contributed by atoms with E-state index in [1.54, 1.807) is 6.92 Å². The van der Waals surface area contributed by atoms with E-state index < -0.39 is 29.7 Å². The number of likely N-dealkylation sites (tertiary alicyclic amines) is 1. The molecule has 1 fully saturated rings. The van der Waals surface area contributed by atoms with Crippen molar-refractivity contribution >= 4 is 17.7 Å². The molecule has 0 aromatic heterocycles. The Morgan fingerprint density at radius 1 is 1.32 bits per heavy atom. The topological polar surface area (TPSA) is 78.9 Å². The number of aliphatic carboxylic acids is 1. The van der Waals surface area contributed by atoms with E-state index in [9.17, 15) is 22.8 Å². The zero-order valence-corrected chi connectivity index (χ0v) is 13.6. The Hall–Kier alpha value is -2.45. The number of ether oxygens (including phenoxy) is 1. The largest absolute Gasteiger partial charge is 0.494 e. The van der Waals surface area contributed by atoms with Crippen molar-refractivity contribution < 1.29 is 32.6 Å². The van der Waals surface area contributed by atoms with E-state index in [2.05, 4.69) is 5.32 Å². The first-order chi connectivity index (χ1) is 11.7. The summed E-state index contributed by atoms with van der Waals surface area (Å²) >= 11 is 0. The van der Waals surface area contributed by atoms with E-state index in [1.165, 1.54) is 11.0 Å². The van der Waals surface area contributed by atoms with Crippen molar-refractivity contribution in [2.24, 2.45) is 5.92 Å². The molecule has 138 valence electrons. The van der Waals surface area contributed by atoms with Crippen molar-refractivity contribution in [1.82, 2.24) is 4.90 Å². The van der Waals surface area contributed by atoms with E-state index in [0.717, 1.165) is 12.1 Å². The Bertz CT molecular complexity index is 641. The molecule has 1 heterocycles. The van der Waals surface area contributed by atoms with Crippen LogP contribution >= 0.6 is 0 Å². The minimum Gasteiger partial charge on any atom is -0.494 e. The first-order valence-corrected chi connectivity index (χ1v) is 7.85. The lowest BCUT2D eigenvalue weighted by Gasteiger charge is -2.30. The number of nitrogens with one attached hydrogen (secondary N) is 1. The molecule has 2 N–H and O–H groups in total. The highest BCUT2D eigenvalue weighted by molar-refractivity contribution is 5.90. The first-order valence-electron chi connectivity index (χ1n) is 7.85. The zero-order chi connectivity index (χ0) is 18.6. The average molecular weight is 360 g/mol. The van der Waals surface area contributed by atoms with Crippen LogP contribution in [-0.4, -0.2) is 41.7 Å². The number of hydrogen-bond acceptors (Lipinski definition) is 3. The number of benzene rings is 1. The SMILES string of the molecule is CCOc1ccc(NC(=O)N2CCC(C(=O)O)CC2)c(C(F)(F)F)c1. The van der Waals surface area contributed by atoms with Crippen LogP contribution < -0.4 is 10.1 Å². The van der Waals surface area contributed by atoms with Crippen LogP contribution in [0.2, 0.25) is 0 Å². The summed E-state index contributed by atoms with van der Waals surface area (Å²) in [6.07, 6.45) is -4.09. The van der Waals surface area contributed by atoms with Crippen LogP contribution in [0, 0.1) is 5.92 Å². The molecule has 0 aliphatic carbocycles. The highest BCUT2D eigenvalue weighted by atomic mass is 19.4. The van der Waals surface area contributed by atoms with Gasteiger partial charge in [0.25, 0.3) is 0 Å². The van der Waals surface area contributed by atoms with Gasteiger partial charge in [-0.2, -0.15) is 13.2 Å². The summed E-state index contributed by atoms with van der Waals surface area (Å²) < 4.78 is 44.7. The fourth-order valence-corrected chi connectivity index (χ4v) is 2.65. The smallest absolute Gasteiger partial charge is 0.418 e. The molecule has 0 radical (unpaired) electrons. The van der Waals surface area contributed by atoms with Crippen LogP contribution in [-0.2, 0) is 11.0 Å². The van der Waals surface area contributed by atoms with Gasteiger partial charge in [0.1, 0.15) is 5.75 Å². The number of nitrogens with zero attached hydrogens (tertiary/aromatic N) is 1. The number of rotatable bonds is 4. The molecular formula is C16H19F3N2O4. The van der Waals surface area contributed by atoms with Crippen LogP contribution in [0.25, 0.3) is 0 Å². The molecule has 1 aromatic carbocycles. The standard InChI is InChI=1S/C16H19F3N2O4/c1-2-25-11-3-4-13(12(9-11)16(17,18)19)20-15(24)21-7-5-10(6-8-21)14(22)23/h3-4,9-10H,2,5-8H2,1H3,(H,20,24)(H,22,23). The van der Waals surface area contributed by atoms with E-state index in [4.69, 9.17) is 9.84 Å². The van der Waals surface area contributed by atoms with E-state index in [0.29, 0.717) is 0 Å². The predicted molar refractivity (Wildman–Crippen MR) is 83.6 cm³/mol. The van der Waals surface area contributed by atoms with Crippen molar-refractivity contribution in [2.75, 3.05) is 25.0 Å². The maximum absolute atomic E-state index is 13.2. The zero-order valence-electron chi connectivity index (χ0n) is 13.6. The maximum Gasteiger partial charge on any atom is 0.418 e. The number of carbonyl (C=O) groups excluding carboxylic acids is 1. The molecule has 1 aliphatic heterocycles. The highest BCUT2D eigenvalue weighted by Gasteiger charge is 2.35. The van der Waals surface area contributed by atoms with Crippen LogP contribution in [0.1, 0.15) is 25.3 Å². The van der Waals surface area contributed by atoms with Gasteiger partial charge in [-0.05, 0) is 38.0 Å². The van der Waals surface area contributed by atoms with Gasteiger partial charge in [-0.15, -0.1) is 0 Å². The van der Waals surface area contributed by atoms with E-state index in [1.807, 2.05) is 0 Å². The van der Waals surface area contributed by atoms with Crippen LogP contribution in [0.5, 0.6) is 5.75 Å². The lowest BCUT2D eigenvalue weighted by molar-refractivity contribution is -0.143. The number of carboxylic acid groups (broad SMARTS) is 1. The second-order valence-corrected chi connectivity index (χ2v) is 5.67. The van der Waals surface area contributed by atoms with Gasteiger partial charge in [0.2, 0.25) is 0 Å².